The van der Waals surface area contributed by atoms with Crippen molar-refractivity contribution in [2.45, 2.75) is 32.4 Å². The third-order valence-electron chi connectivity index (χ3n) is 5.18. The summed E-state index contributed by atoms with van der Waals surface area (Å²) in [6.45, 7) is 1.41. The fraction of sp³-hybridized carbons (Fsp3) is 0.273. The number of nitrogens with one attached hydrogen (secondary N) is 1. The van der Waals surface area contributed by atoms with Crippen molar-refractivity contribution < 1.29 is 9.59 Å². The van der Waals surface area contributed by atoms with Crippen LogP contribution in [0.4, 0.5) is 5.69 Å². The fourth-order valence-corrected chi connectivity index (χ4v) is 3.88. The molecule has 0 spiro atoms. The maximum Gasteiger partial charge on any atom is 0.261 e. The maximum absolute atomic E-state index is 12.6. The Morgan fingerprint density at radius 1 is 1.13 bits per heavy atom. The van der Waals surface area contributed by atoms with Crippen LogP contribution in [0, 0.1) is 0 Å². The van der Waals surface area contributed by atoms with Gasteiger partial charge in [-0.2, -0.15) is 0 Å². The summed E-state index contributed by atoms with van der Waals surface area (Å²) in [5.74, 6) is 0.0110. The number of rotatable bonds is 6. The smallest absolute Gasteiger partial charge is 0.261 e. The third-order valence-corrected chi connectivity index (χ3v) is 5.67. The quantitative estimate of drug-likeness (QED) is 0.602. The Balaban J connectivity index is 1.32. The van der Waals surface area contributed by atoms with Gasteiger partial charge in [-0.1, -0.05) is 28.1 Å². The molecule has 1 aliphatic rings. The summed E-state index contributed by atoms with van der Waals surface area (Å²) in [5, 5.41) is 3.39. The standard InChI is InChI=1S/C22H21BrN4O3/c23-16-5-8-19-18(12-16)22(30)26(14-25-19)11-9-20(28)24-13-15-3-6-17(7-4-15)27-10-1-2-21(27)29/h3-8,12,14H,1-2,9-11,13H2,(H,24,28). The van der Waals surface area contributed by atoms with Crippen LogP contribution in [-0.2, 0) is 22.7 Å². The molecule has 1 aliphatic heterocycles. The number of hydrogen-bond donors (Lipinski definition) is 1. The van der Waals surface area contributed by atoms with Crippen LogP contribution >= 0.6 is 15.9 Å². The van der Waals surface area contributed by atoms with E-state index in [9.17, 15) is 14.4 Å². The number of aromatic nitrogens is 2. The Hall–Kier alpha value is -3.00. The lowest BCUT2D eigenvalue weighted by Crippen LogP contribution is -2.27. The molecule has 30 heavy (non-hydrogen) atoms. The van der Waals surface area contributed by atoms with Gasteiger partial charge < -0.3 is 10.2 Å². The first kappa shape index (κ1) is 20.3. The molecular formula is C22H21BrN4O3. The number of anilines is 1. The van der Waals surface area contributed by atoms with Gasteiger partial charge in [0.15, 0.2) is 0 Å². The predicted octanol–water partition coefficient (Wildman–Crippen LogP) is 2.99. The zero-order valence-electron chi connectivity index (χ0n) is 16.3. The Morgan fingerprint density at radius 3 is 2.67 bits per heavy atom. The van der Waals surface area contributed by atoms with Gasteiger partial charge in [-0.3, -0.25) is 19.0 Å². The van der Waals surface area contributed by atoms with Crippen LogP contribution < -0.4 is 15.8 Å². The molecule has 2 amide bonds. The van der Waals surface area contributed by atoms with E-state index in [1.165, 1.54) is 10.9 Å². The van der Waals surface area contributed by atoms with Gasteiger partial charge >= 0.3 is 0 Å². The molecule has 2 heterocycles. The predicted molar refractivity (Wildman–Crippen MR) is 118 cm³/mol. The van der Waals surface area contributed by atoms with Crippen LogP contribution in [0.25, 0.3) is 10.9 Å². The van der Waals surface area contributed by atoms with E-state index in [1.807, 2.05) is 30.3 Å². The summed E-state index contributed by atoms with van der Waals surface area (Å²) in [7, 11) is 0. The Bertz CT molecular complexity index is 1160. The van der Waals surface area contributed by atoms with E-state index in [2.05, 4.69) is 26.2 Å². The number of fused-ring (bicyclic) bond motifs is 1. The van der Waals surface area contributed by atoms with Crippen molar-refractivity contribution in [2.24, 2.45) is 0 Å². The molecule has 8 heteroatoms. The maximum atomic E-state index is 12.6. The van der Waals surface area contributed by atoms with Crippen molar-refractivity contribution in [1.29, 1.82) is 0 Å². The van der Waals surface area contributed by atoms with Gasteiger partial charge in [0.05, 0.1) is 17.2 Å². The molecule has 0 unspecified atom stereocenters. The molecule has 1 fully saturated rings. The second kappa shape index (κ2) is 8.79. The van der Waals surface area contributed by atoms with Crippen LogP contribution in [0.3, 0.4) is 0 Å². The minimum atomic E-state index is -0.166. The molecule has 7 nitrogen and oxygen atoms in total. The molecule has 1 N–H and O–H groups in total. The van der Waals surface area contributed by atoms with Gasteiger partial charge in [0.1, 0.15) is 0 Å². The Kier molecular flexibility index (Phi) is 5.94. The van der Waals surface area contributed by atoms with Gasteiger partial charge in [-0.25, -0.2) is 4.98 Å². The molecular weight excluding hydrogens is 448 g/mol. The average molecular weight is 469 g/mol. The van der Waals surface area contributed by atoms with Crippen molar-refractivity contribution >= 4 is 44.3 Å². The van der Waals surface area contributed by atoms with Crippen LogP contribution in [0.15, 0.2) is 58.1 Å². The number of hydrogen-bond acceptors (Lipinski definition) is 4. The highest BCUT2D eigenvalue weighted by molar-refractivity contribution is 9.10. The van der Waals surface area contributed by atoms with Gasteiger partial charge in [-0.15, -0.1) is 0 Å². The number of amides is 2. The lowest BCUT2D eigenvalue weighted by atomic mass is 10.2. The number of aryl methyl sites for hydroxylation is 1. The van der Waals surface area contributed by atoms with Gasteiger partial charge in [0.2, 0.25) is 11.8 Å². The Morgan fingerprint density at radius 2 is 1.93 bits per heavy atom. The first-order chi connectivity index (χ1) is 14.5. The highest BCUT2D eigenvalue weighted by Gasteiger charge is 2.21. The SMILES string of the molecule is O=C(CCn1cnc2ccc(Br)cc2c1=O)NCc1ccc(N2CCCC2=O)cc1. The molecule has 0 aliphatic carbocycles. The molecule has 0 bridgehead atoms. The van der Waals surface area contributed by atoms with E-state index in [-0.39, 0.29) is 30.3 Å². The molecule has 2 aromatic carbocycles. The fourth-order valence-electron chi connectivity index (χ4n) is 3.52. The highest BCUT2D eigenvalue weighted by Crippen LogP contribution is 2.21. The van der Waals surface area contributed by atoms with Gasteiger partial charge in [0, 0.05) is 42.6 Å². The van der Waals surface area contributed by atoms with Crippen molar-refractivity contribution in [3.05, 3.63) is 69.2 Å². The van der Waals surface area contributed by atoms with Crippen LogP contribution in [0.2, 0.25) is 0 Å². The largest absolute Gasteiger partial charge is 0.352 e. The summed E-state index contributed by atoms with van der Waals surface area (Å²) in [5.41, 5.74) is 2.31. The summed E-state index contributed by atoms with van der Waals surface area (Å²) >= 11 is 3.36. The van der Waals surface area contributed by atoms with E-state index in [0.717, 1.165) is 28.7 Å². The zero-order chi connectivity index (χ0) is 21.1. The normalized spacial score (nSPS) is 13.8. The summed E-state index contributed by atoms with van der Waals surface area (Å²) < 4.78 is 2.26. The molecule has 0 atom stereocenters. The van der Waals surface area contributed by atoms with Crippen LogP contribution in [0.1, 0.15) is 24.8 Å². The van der Waals surface area contributed by atoms with E-state index in [0.29, 0.717) is 23.9 Å². The molecule has 1 saturated heterocycles. The van der Waals surface area contributed by atoms with Gasteiger partial charge in [0.25, 0.3) is 5.56 Å². The van der Waals surface area contributed by atoms with Crippen LogP contribution in [0.5, 0.6) is 0 Å². The molecule has 154 valence electrons. The highest BCUT2D eigenvalue weighted by atomic mass is 79.9. The number of carbonyl (C=O) groups excluding carboxylic acids is 2. The monoisotopic (exact) mass is 468 g/mol. The minimum Gasteiger partial charge on any atom is -0.352 e. The van der Waals surface area contributed by atoms with Gasteiger partial charge in [-0.05, 0) is 42.3 Å². The molecule has 4 rings (SSSR count). The van der Waals surface area contributed by atoms with Crippen molar-refractivity contribution in [3.8, 4) is 0 Å². The molecule has 1 aromatic heterocycles. The number of benzene rings is 2. The van der Waals surface area contributed by atoms with E-state index in [1.54, 1.807) is 17.0 Å². The van der Waals surface area contributed by atoms with E-state index >= 15 is 0 Å². The topological polar surface area (TPSA) is 84.3 Å². The van der Waals surface area contributed by atoms with Crippen molar-refractivity contribution in [1.82, 2.24) is 14.9 Å². The molecule has 3 aromatic rings. The average Bonchev–Trinajstić information content (AvgIpc) is 3.18. The molecule has 0 radical (unpaired) electrons. The molecule has 0 saturated carbocycles. The zero-order valence-corrected chi connectivity index (χ0v) is 17.9. The van der Waals surface area contributed by atoms with Crippen molar-refractivity contribution in [2.75, 3.05) is 11.4 Å². The third kappa shape index (κ3) is 4.43. The number of nitrogens with zero attached hydrogens (tertiary/aromatic N) is 3. The number of halogens is 1. The lowest BCUT2D eigenvalue weighted by Gasteiger charge is -2.16. The second-order valence-corrected chi connectivity index (χ2v) is 8.16. The summed E-state index contributed by atoms with van der Waals surface area (Å²) in [6.07, 6.45) is 3.15. The summed E-state index contributed by atoms with van der Waals surface area (Å²) in [6, 6.07) is 13.0. The van der Waals surface area contributed by atoms with E-state index in [4.69, 9.17) is 0 Å². The minimum absolute atomic E-state index is 0.143. The number of carbonyl (C=O) groups is 2. The van der Waals surface area contributed by atoms with Crippen LogP contribution in [-0.4, -0.2) is 27.9 Å². The first-order valence-electron chi connectivity index (χ1n) is 9.82. The summed E-state index contributed by atoms with van der Waals surface area (Å²) in [4.78, 5) is 42.7. The second-order valence-electron chi connectivity index (χ2n) is 7.25. The van der Waals surface area contributed by atoms with Crippen molar-refractivity contribution in [3.63, 3.8) is 0 Å². The Labute approximate surface area is 181 Å². The lowest BCUT2D eigenvalue weighted by molar-refractivity contribution is -0.121. The first-order valence-corrected chi connectivity index (χ1v) is 10.6. The van der Waals surface area contributed by atoms with E-state index < -0.39 is 0 Å².